The smallest absolute Gasteiger partial charge is 0.414 e. The number of likely N-dealkylation sites (tertiary alicyclic amines) is 1. The van der Waals surface area contributed by atoms with Gasteiger partial charge in [0, 0.05) is 43.4 Å². The summed E-state index contributed by atoms with van der Waals surface area (Å²) < 4.78 is 7.68. The van der Waals surface area contributed by atoms with E-state index >= 15 is 0 Å². The highest BCUT2D eigenvalue weighted by Crippen LogP contribution is 2.37. The number of aromatic nitrogens is 4. The molecular weight excluding hydrogens is 532 g/mol. The maximum Gasteiger partial charge on any atom is 0.414 e. The third kappa shape index (κ3) is 4.87. The van der Waals surface area contributed by atoms with Crippen LogP contribution in [0.5, 0.6) is 0 Å². The van der Waals surface area contributed by atoms with Crippen molar-refractivity contribution in [1.29, 1.82) is 0 Å². The first-order valence-corrected chi connectivity index (χ1v) is 14.1. The molecule has 2 atom stereocenters. The Morgan fingerprint density at radius 1 is 1.14 bits per heavy atom. The van der Waals surface area contributed by atoms with Crippen LogP contribution >= 0.6 is 0 Å². The van der Waals surface area contributed by atoms with Crippen LogP contribution in [0.2, 0.25) is 0 Å². The number of rotatable bonds is 6. The van der Waals surface area contributed by atoms with Crippen LogP contribution in [0.3, 0.4) is 0 Å². The number of aryl methyl sites for hydroxylation is 1. The number of carbonyl (C=O) groups is 2. The minimum absolute atomic E-state index is 0.108. The number of imidazole rings is 1. The Kier molecular flexibility index (Phi) is 7.16. The highest BCUT2D eigenvalue weighted by Gasteiger charge is 2.37. The standard InChI is InChI=1S/C32H34N6O4/c1-19(2)37(32(41)42-18-22-8-6-5-7-9-22)24-12-10-23(11-13-24)28-27-16-34-30-29(20(3)15-33-30)38(27)31(35-28)26-14-25(40)17-36(26)21(4)39/h5-13,15-16,19,25-26,33,40H,14,17-18H2,1-4H3/t25-,26-/m1/s1. The third-order valence-electron chi connectivity index (χ3n) is 7.82. The molecule has 10 nitrogen and oxygen atoms in total. The van der Waals surface area contributed by atoms with Crippen molar-refractivity contribution in [3.05, 3.63) is 83.9 Å². The summed E-state index contributed by atoms with van der Waals surface area (Å²) in [5.41, 5.74) is 6.57. The first-order valence-electron chi connectivity index (χ1n) is 14.1. The Morgan fingerprint density at radius 3 is 2.57 bits per heavy atom. The third-order valence-corrected chi connectivity index (χ3v) is 7.82. The largest absolute Gasteiger partial charge is 0.444 e. The highest BCUT2D eigenvalue weighted by molar-refractivity contribution is 5.90. The fourth-order valence-corrected chi connectivity index (χ4v) is 5.84. The van der Waals surface area contributed by atoms with Gasteiger partial charge in [-0.1, -0.05) is 42.5 Å². The summed E-state index contributed by atoms with van der Waals surface area (Å²) in [6.07, 6.45) is 3.04. The number of H-pyrrole nitrogens is 1. The van der Waals surface area contributed by atoms with Gasteiger partial charge >= 0.3 is 6.09 Å². The molecule has 5 aromatic rings. The maximum atomic E-state index is 13.1. The number of fused-ring (bicyclic) bond motifs is 3. The van der Waals surface area contributed by atoms with Crippen molar-refractivity contribution in [3.8, 4) is 11.3 Å². The number of benzene rings is 2. The molecule has 1 aliphatic rings. The van der Waals surface area contributed by atoms with Crippen molar-refractivity contribution < 1.29 is 19.4 Å². The lowest BCUT2D eigenvalue weighted by Gasteiger charge is -2.26. The molecule has 4 heterocycles. The fraction of sp³-hybridized carbons (Fsp3) is 0.312. The molecule has 0 unspecified atom stereocenters. The summed E-state index contributed by atoms with van der Waals surface area (Å²) in [6, 6.07) is 16.7. The summed E-state index contributed by atoms with van der Waals surface area (Å²) in [5, 5.41) is 10.5. The van der Waals surface area contributed by atoms with E-state index in [0.29, 0.717) is 23.6 Å². The quantitative estimate of drug-likeness (QED) is 0.285. The van der Waals surface area contributed by atoms with Crippen LogP contribution in [0, 0.1) is 6.92 Å². The molecule has 10 heteroatoms. The van der Waals surface area contributed by atoms with Gasteiger partial charge in [0.05, 0.1) is 35.1 Å². The molecule has 0 radical (unpaired) electrons. The SMILES string of the molecule is CC(=O)N1C[C@H](O)C[C@@H]1c1nc(-c2ccc(N(C(=O)OCc3ccccc3)C(C)C)cc2)c2cnc3[nH]cc(C)c3n12. The fourth-order valence-electron chi connectivity index (χ4n) is 5.84. The number of carbonyl (C=O) groups excluding carboxylic acids is 2. The number of aromatic amines is 1. The number of nitrogens with zero attached hydrogens (tertiary/aromatic N) is 5. The van der Waals surface area contributed by atoms with Crippen molar-refractivity contribution in [2.45, 2.75) is 58.9 Å². The van der Waals surface area contributed by atoms with Crippen molar-refractivity contribution in [1.82, 2.24) is 24.3 Å². The van der Waals surface area contributed by atoms with Gasteiger partial charge in [-0.2, -0.15) is 0 Å². The van der Waals surface area contributed by atoms with E-state index in [2.05, 4.69) is 14.4 Å². The molecule has 0 bridgehead atoms. The van der Waals surface area contributed by atoms with Crippen molar-refractivity contribution >= 4 is 34.4 Å². The summed E-state index contributed by atoms with van der Waals surface area (Å²) in [5.74, 6) is 0.572. The van der Waals surface area contributed by atoms with Crippen molar-refractivity contribution in [3.63, 3.8) is 0 Å². The molecule has 0 saturated carbocycles. The van der Waals surface area contributed by atoms with Gasteiger partial charge in [0.1, 0.15) is 12.4 Å². The topological polar surface area (TPSA) is 116 Å². The van der Waals surface area contributed by atoms with Crippen LogP contribution in [0.25, 0.3) is 27.9 Å². The Morgan fingerprint density at radius 2 is 1.88 bits per heavy atom. The lowest BCUT2D eigenvalue weighted by molar-refractivity contribution is -0.130. The summed E-state index contributed by atoms with van der Waals surface area (Å²) >= 11 is 0. The lowest BCUT2D eigenvalue weighted by atomic mass is 10.1. The van der Waals surface area contributed by atoms with E-state index in [1.807, 2.05) is 81.6 Å². The molecule has 42 heavy (non-hydrogen) atoms. The van der Waals surface area contributed by atoms with Crippen molar-refractivity contribution in [2.24, 2.45) is 0 Å². The zero-order valence-corrected chi connectivity index (χ0v) is 24.1. The number of ether oxygens (including phenoxy) is 1. The van der Waals surface area contributed by atoms with E-state index in [1.54, 1.807) is 16.0 Å². The van der Waals surface area contributed by atoms with Crippen LogP contribution in [0.15, 0.2) is 67.0 Å². The van der Waals surface area contributed by atoms with Crippen molar-refractivity contribution in [2.75, 3.05) is 11.4 Å². The van der Waals surface area contributed by atoms with E-state index in [0.717, 1.165) is 33.4 Å². The number of hydrogen-bond acceptors (Lipinski definition) is 6. The molecule has 6 rings (SSSR count). The lowest BCUT2D eigenvalue weighted by Crippen LogP contribution is -2.37. The average Bonchev–Trinajstić information content (AvgIpc) is 3.67. The highest BCUT2D eigenvalue weighted by atomic mass is 16.6. The van der Waals surface area contributed by atoms with Gasteiger partial charge in [-0.05, 0) is 44.0 Å². The van der Waals surface area contributed by atoms with Gasteiger partial charge in [0.15, 0.2) is 5.65 Å². The number of β-amino-alcohol motifs (C(OH)–C–C–N with tert-alkyl or cyclic N) is 1. The Balaban J connectivity index is 1.38. The number of hydrogen-bond donors (Lipinski definition) is 2. The van der Waals surface area contributed by atoms with Gasteiger partial charge in [-0.3, -0.25) is 14.1 Å². The van der Waals surface area contributed by atoms with E-state index < -0.39 is 12.2 Å². The molecule has 0 spiro atoms. The van der Waals surface area contributed by atoms with Crippen LogP contribution in [-0.2, 0) is 16.1 Å². The number of nitrogens with one attached hydrogen (secondary N) is 1. The van der Waals surface area contributed by atoms with E-state index in [1.165, 1.54) is 6.92 Å². The summed E-state index contributed by atoms with van der Waals surface area (Å²) in [6.45, 7) is 7.87. The average molecular weight is 567 g/mol. The molecule has 2 N–H and O–H groups in total. The van der Waals surface area contributed by atoms with Gasteiger partial charge in [0.2, 0.25) is 5.91 Å². The molecule has 1 aliphatic heterocycles. The van der Waals surface area contributed by atoms with Crippen LogP contribution in [-0.4, -0.2) is 60.1 Å². The maximum absolute atomic E-state index is 13.1. The Bertz CT molecular complexity index is 1760. The summed E-state index contributed by atoms with van der Waals surface area (Å²) in [7, 11) is 0. The van der Waals surface area contributed by atoms with Crippen LogP contribution < -0.4 is 4.90 Å². The summed E-state index contributed by atoms with van der Waals surface area (Å²) in [4.78, 5) is 41.9. The van der Waals surface area contributed by atoms with E-state index in [9.17, 15) is 14.7 Å². The van der Waals surface area contributed by atoms with Crippen LogP contribution in [0.4, 0.5) is 10.5 Å². The molecule has 0 aliphatic carbocycles. The second kappa shape index (κ2) is 10.9. The number of aliphatic hydroxyl groups is 1. The molecule has 216 valence electrons. The molecule has 1 saturated heterocycles. The van der Waals surface area contributed by atoms with E-state index in [4.69, 9.17) is 9.72 Å². The normalized spacial score (nSPS) is 17.0. The zero-order chi connectivity index (χ0) is 29.5. The Hall–Kier alpha value is -4.70. The second-order valence-electron chi connectivity index (χ2n) is 11.1. The van der Waals surface area contributed by atoms with Crippen LogP contribution in [0.1, 0.15) is 50.2 Å². The predicted octanol–water partition coefficient (Wildman–Crippen LogP) is 5.39. The predicted molar refractivity (Wildman–Crippen MR) is 160 cm³/mol. The van der Waals surface area contributed by atoms with Gasteiger partial charge in [-0.15, -0.1) is 0 Å². The zero-order valence-electron chi connectivity index (χ0n) is 24.1. The van der Waals surface area contributed by atoms with Gasteiger partial charge in [0.25, 0.3) is 0 Å². The molecule has 2 aromatic carbocycles. The first kappa shape index (κ1) is 27.5. The number of amides is 2. The molecular formula is C32H34N6O4. The molecule has 1 fully saturated rings. The van der Waals surface area contributed by atoms with Gasteiger partial charge in [-0.25, -0.2) is 14.8 Å². The Labute approximate surface area is 243 Å². The number of aliphatic hydroxyl groups excluding tert-OH is 1. The monoisotopic (exact) mass is 566 g/mol. The molecule has 2 amide bonds. The first-order chi connectivity index (χ1) is 20.2. The minimum Gasteiger partial charge on any atom is -0.444 e. The van der Waals surface area contributed by atoms with E-state index in [-0.39, 0.29) is 31.1 Å². The molecule has 3 aromatic heterocycles. The van der Waals surface area contributed by atoms with Gasteiger partial charge < -0.3 is 19.7 Å². The number of anilines is 1. The minimum atomic E-state index is -0.623. The second-order valence-corrected chi connectivity index (χ2v) is 11.1.